The van der Waals surface area contributed by atoms with Crippen LogP contribution in [0.15, 0.2) is 48.6 Å². The Balaban J connectivity index is 0.0000230. The molecule has 1 aliphatic rings. The average molecular weight is 798 g/mol. The van der Waals surface area contributed by atoms with Gasteiger partial charge in [0, 0.05) is 19.3 Å². The summed E-state index contributed by atoms with van der Waals surface area (Å²) < 4.78 is 14.4. The monoisotopic (exact) mass is 798 g/mol. The number of unbranched alkanes of at least 4 members (excludes halogenated alkanes) is 18. The van der Waals surface area contributed by atoms with E-state index in [1.54, 1.807) is 0 Å². The van der Waals surface area contributed by atoms with E-state index in [1.807, 2.05) is 0 Å². The van der Waals surface area contributed by atoms with Crippen LogP contribution in [0, 0.1) is 0 Å². The Labute approximate surface area is 324 Å². The predicted octanol–water partition coefficient (Wildman–Crippen LogP) is 11.0. The first-order chi connectivity index (χ1) is 23.5. The molecule has 4 heteroatoms. The topological polar surface area (TPSA) is 18.5 Å². The van der Waals surface area contributed by atoms with Crippen molar-refractivity contribution in [3.05, 3.63) is 48.6 Å². The summed E-state index contributed by atoms with van der Waals surface area (Å²) in [6.45, 7) is 9.94. The molecule has 0 spiro atoms. The maximum Gasteiger partial charge on any atom is 0.168 e. The van der Waals surface area contributed by atoms with Crippen molar-refractivity contribution < 1.29 is 37.9 Å². The SMILES string of the molecule is CCCCC/C=C\C/C=C\CCCCCCCCC1(CCCCCCCC/C=C\C/C=C\CCCCC)OCC(CC[N+](C)(C)CC)O1.[I-]. The van der Waals surface area contributed by atoms with Crippen LogP contribution in [0.1, 0.15) is 194 Å². The molecule has 0 bridgehead atoms. The van der Waals surface area contributed by atoms with Gasteiger partial charge in [-0.3, -0.25) is 0 Å². The minimum Gasteiger partial charge on any atom is -1.00 e. The van der Waals surface area contributed by atoms with Gasteiger partial charge in [0.05, 0.1) is 39.9 Å². The summed E-state index contributed by atoms with van der Waals surface area (Å²) in [6.07, 6.45) is 53.4. The zero-order chi connectivity index (χ0) is 34.9. The summed E-state index contributed by atoms with van der Waals surface area (Å²) in [6, 6.07) is 0. The lowest BCUT2D eigenvalue weighted by molar-refractivity contribution is -0.889. The van der Waals surface area contributed by atoms with Crippen LogP contribution >= 0.6 is 0 Å². The highest BCUT2D eigenvalue weighted by Crippen LogP contribution is 2.36. The van der Waals surface area contributed by atoms with E-state index in [-0.39, 0.29) is 35.9 Å². The van der Waals surface area contributed by atoms with Crippen molar-refractivity contribution in [2.45, 2.75) is 206 Å². The lowest BCUT2D eigenvalue weighted by Crippen LogP contribution is -3.00. The quantitative estimate of drug-likeness (QED) is 0.0279. The van der Waals surface area contributed by atoms with E-state index >= 15 is 0 Å². The molecule has 0 saturated carbocycles. The number of quaternary nitrogens is 1. The van der Waals surface area contributed by atoms with Crippen molar-refractivity contribution >= 4 is 0 Å². The molecule has 1 aliphatic heterocycles. The van der Waals surface area contributed by atoms with Gasteiger partial charge in [-0.05, 0) is 84.0 Å². The Bertz CT molecular complexity index is 769. The molecule has 49 heavy (non-hydrogen) atoms. The number of hydrogen-bond acceptors (Lipinski definition) is 2. The highest BCUT2D eigenvalue weighted by molar-refractivity contribution is 4.93. The van der Waals surface area contributed by atoms with E-state index < -0.39 is 0 Å². The van der Waals surface area contributed by atoms with Crippen molar-refractivity contribution in [2.75, 3.05) is 33.8 Å². The molecule has 0 amide bonds. The van der Waals surface area contributed by atoms with E-state index in [1.165, 1.54) is 148 Å². The fourth-order valence-corrected chi connectivity index (χ4v) is 6.56. The average Bonchev–Trinajstić information content (AvgIpc) is 3.50. The standard InChI is InChI=1S/C45H84NO2.HI/c1-6-9-11-13-15-17-19-21-23-25-27-29-31-33-35-37-40-45(47-43-44(48-45)39-42-46(4,5)8-3)41-38-36-34-32-30-28-26-24-22-20-18-16-14-12-10-7-2;/h15-18,21-24,44H,6-14,19-20,25-43H2,1-5H3;1H/q+1;/p-1/b17-15-,18-16-,23-21-,24-22-;. The van der Waals surface area contributed by atoms with Crippen molar-refractivity contribution in [1.29, 1.82) is 0 Å². The van der Waals surface area contributed by atoms with Crippen LogP contribution in [0.3, 0.4) is 0 Å². The molecule has 1 unspecified atom stereocenters. The number of allylic oxidation sites excluding steroid dienone is 8. The third-order valence-corrected chi connectivity index (χ3v) is 10.3. The number of ether oxygens (including phenoxy) is 2. The van der Waals surface area contributed by atoms with E-state index in [0.29, 0.717) is 0 Å². The van der Waals surface area contributed by atoms with Crippen LogP contribution < -0.4 is 24.0 Å². The molecule has 0 aromatic rings. The molecule has 0 radical (unpaired) electrons. The normalized spacial score (nSPS) is 16.6. The van der Waals surface area contributed by atoms with Crippen LogP contribution in [-0.4, -0.2) is 50.2 Å². The maximum atomic E-state index is 6.78. The number of halogens is 1. The first kappa shape index (κ1) is 48.6. The van der Waals surface area contributed by atoms with Gasteiger partial charge in [-0.25, -0.2) is 0 Å². The largest absolute Gasteiger partial charge is 1.00 e. The van der Waals surface area contributed by atoms with Gasteiger partial charge in [-0.1, -0.05) is 140 Å². The third kappa shape index (κ3) is 29.8. The Morgan fingerprint density at radius 2 is 0.918 bits per heavy atom. The van der Waals surface area contributed by atoms with Gasteiger partial charge in [0.2, 0.25) is 0 Å². The molecule has 3 nitrogen and oxygen atoms in total. The van der Waals surface area contributed by atoms with E-state index in [4.69, 9.17) is 9.47 Å². The predicted molar refractivity (Wildman–Crippen MR) is 214 cm³/mol. The molecule has 0 N–H and O–H groups in total. The highest BCUT2D eigenvalue weighted by atomic mass is 127. The summed E-state index contributed by atoms with van der Waals surface area (Å²) in [7, 11) is 4.66. The van der Waals surface area contributed by atoms with Crippen molar-refractivity contribution in [2.24, 2.45) is 0 Å². The van der Waals surface area contributed by atoms with E-state index in [0.717, 1.165) is 49.7 Å². The second-order valence-corrected chi connectivity index (χ2v) is 15.4. The first-order valence-corrected chi connectivity index (χ1v) is 21.2. The van der Waals surface area contributed by atoms with Gasteiger partial charge in [0.15, 0.2) is 5.79 Å². The van der Waals surface area contributed by atoms with Gasteiger partial charge in [-0.2, -0.15) is 0 Å². The van der Waals surface area contributed by atoms with Crippen LogP contribution in [0.5, 0.6) is 0 Å². The molecular formula is C45H84INO2. The fourth-order valence-electron chi connectivity index (χ4n) is 6.56. The Morgan fingerprint density at radius 1 is 0.531 bits per heavy atom. The van der Waals surface area contributed by atoms with Crippen molar-refractivity contribution in [3.63, 3.8) is 0 Å². The second-order valence-electron chi connectivity index (χ2n) is 15.4. The summed E-state index contributed by atoms with van der Waals surface area (Å²) in [5.41, 5.74) is 0. The Morgan fingerprint density at radius 3 is 1.33 bits per heavy atom. The van der Waals surface area contributed by atoms with E-state index in [2.05, 4.69) is 83.5 Å². The van der Waals surface area contributed by atoms with Crippen LogP contribution in [0.2, 0.25) is 0 Å². The van der Waals surface area contributed by atoms with Gasteiger partial charge in [0.1, 0.15) is 0 Å². The van der Waals surface area contributed by atoms with Gasteiger partial charge in [0.25, 0.3) is 0 Å². The summed E-state index contributed by atoms with van der Waals surface area (Å²) in [5.74, 6) is -0.321. The smallest absolute Gasteiger partial charge is 0.168 e. The number of nitrogens with zero attached hydrogens (tertiary/aromatic N) is 1. The van der Waals surface area contributed by atoms with Gasteiger partial charge in [-0.15, -0.1) is 0 Å². The molecule has 1 atom stereocenters. The zero-order valence-corrected chi connectivity index (χ0v) is 35.7. The van der Waals surface area contributed by atoms with Crippen LogP contribution in [0.25, 0.3) is 0 Å². The first-order valence-electron chi connectivity index (χ1n) is 21.2. The summed E-state index contributed by atoms with van der Waals surface area (Å²) >= 11 is 0. The van der Waals surface area contributed by atoms with Crippen molar-refractivity contribution in [1.82, 2.24) is 0 Å². The van der Waals surface area contributed by atoms with Gasteiger partial charge >= 0.3 is 0 Å². The number of rotatable bonds is 34. The molecular weight excluding hydrogens is 713 g/mol. The zero-order valence-electron chi connectivity index (χ0n) is 33.6. The van der Waals surface area contributed by atoms with Gasteiger partial charge < -0.3 is 37.9 Å². The second kappa shape index (κ2) is 34.6. The fraction of sp³-hybridized carbons (Fsp3) is 0.822. The minimum atomic E-state index is -0.321. The van der Waals surface area contributed by atoms with Crippen molar-refractivity contribution in [3.8, 4) is 0 Å². The molecule has 1 heterocycles. The molecule has 1 rings (SSSR count). The Kier molecular flexibility index (Phi) is 34.3. The maximum absolute atomic E-state index is 6.78. The molecule has 288 valence electrons. The molecule has 1 saturated heterocycles. The Hall–Kier alpha value is -0.430. The molecule has 0 aromatic heterocycles. The van der Waals surface area contributed by atoms with Crippen LogP contribution in [0.4, 0.5) is 0 Å². The highest BCUT2D eigenvalue weighted by Gasteiger charge is 2.40. The summed E-state index contributed by atoms with van der Waals surface area (Å²) in [5, 5.41) is 0. The molecule has 0 aromatic carbocycles. The van der Waals surface area contributed by atoms with E-state index in [9.17, 15) is 0 Å². The molecule has 0 aliphatic carbocycles. The lowest BCUT2D eigenvalue weighted by Gasteiger charge is -2.31. The van der Waals surface area contributed by atoms with Crippen LogP contribution in [-0.2, 0) is 9.47 Å². The third-order valence-electron chi connectivity index (χ3n) is 10.3. The summed E-state index contributed by atoms with van der Waals surface area (Å²) in [4.78, 5) is 0. The number of hydrogen-bond donors (Lipinski definition) is 0. The lowest BCUT2D eigenvalue weighted by atomic mass is 9.98. The molecule has 1 fully saturated rings. The minimum absolute atomic E-state index is 0.